The molecule has 0 aliphatic rings. The Morgan fingerprint density at radius 3 is 2.36 bits per heavy atom. The van der Waals surface area contributed by atoms with Crippen molar-refractivity contribution < 1.29 is 23.5 Å². The van der Waals surface area contributed by atoms with Gasteiger partial charge in [-0.1, -0.05) is 12.1 Å². The Kier molecular flexibility index (Phi) is 6.41. The first-order valence-corrected chi connectivity index (χ1v) is 8.03. The highest BCUT2D eigenvalue weighted by Crippen LogP contribution is 2.33. The lowest BCUT2D eigenvalue weighted by Gasteiger charge is -2.16. The van der Waals surface area contributed by atoms with Gasteiger partial charge >= 0.3 is 0 Å². The molecule has 2 rings (SSSR count). The maximum atomic E-state index is 12.7. The second-order valence-electron chi connectivity index (χ2n) is 5.61. The van der Waals surface area contributed by atoms with Crippen molar-refractivity contribution in [3.05, 3.63) is 29.5 Å². The molecule has 0 aliphatic heterocycles. The summed E-state index contributed by atoms with van der Waals surface area (Å²) >= 11 is 0. The van der Waals surface area contributed by atoms with Crippen LogP contribution in [0, 0.1) is 6.92 Å². The molecule has 7 heteroatoms. The molecule has 0 bridgehead atoms. The lowest BCUT2D eigenvalue weighted by Crippen LogP contribution is -2.37. The lowest BCUT2D eigenvalue weighted by atomic mass is 10.0. The molecule has 1 atom stereocenters. The molecular weight excluding hydrogens is 324 g/mol. The fourth-order valence-electron chi connectivity index (χ4n) is 2.49. The minimum atomic E-state index is -0.251. The highest BCUT2D eigenvalue weighted by atomic mass is 16.5. The minimum absolute atomic E-state index is 0.0838. The minimum Gasteiger partial charge on any atom is -0.497 e. The van der Waals surface area contributed by atoms with E-state index in [9.17, 15) is 4.79 Å². The van der Waals surface area contributed by atoms with Gasteiger partial charge in [0.25, 0.3) is 5.91 Å². The number of hydrogen-bond donors (Lipinski definition) is 1. The molecule has 0 fully saturated rings. The van der Waals surface area contributed by atoms with Crippen LogP contribution in [0.3, 0.4) is 0 Å². The van der Waals surface area contributed by atoms with Crippen LogP contribution in [-0.2, 0) is 4.74 Å². The van der Waals surface area contributed by atoms with Gasteiger partial charge in [-0.2, -0.15) is 0 Å². The summed E-state index contributed by atoms with van der Waals surface area (Å²) in [5.41, 5.74) is 1.56. The van der Waals surface area contributed by atoms with Crippen LogP contribution in [0.15, 0.2) is 22.7 Å². The van der Waals surface area contributed by atoms with Crippen molar-refractivity contribution in [2.75, 3.05) is 27.9 Å². The van der Waals surface area contributed by atoms with Crippen molar-refractivity contribution >= 4 is 5.91 Å². The van der Waals surface area contributed by atoms with Crippen LogP contribution in [0.25, 0.3) is 11.3 Å². The predicted molar refractivity (Wildman–Crippen MR) is 93.2 cm³/mol. The molecule has 1 amide bonds. The molecule has 0 saturated heterocycles. The summed E-state index contributed by atoms with van der Waals surface area (Å²) in [5, 5.41) is 6.91. The summed E-state index contributed by atoms with van der Waals surface area (Å²) in [7, 11) is 4.73. The van der Waals surface area contributed by atoms with E-state index in [0.29, 0.717) is 40.7 Å². The van der Waals surface area contributed by atoms with Gasteiger partial charge in [0.1, 0.15) is 17.1 Å². The largest absolute Gasteiger partial charge is 0.497 e. The van der Waals surface area contributed by atoms with Gasteiger partial charge in [0.15, 0.2) is 5.76 Å². The van der Waals surface area contributed by atoms with Gasteiger partial charge in [-0.15, -0.1) is 0 Å². The molecule has 0 radical (unpaired) electrons. The van der Waals surface area contributed by atoms with Crippen LogP contribution < -0.4 is 14.8 Å². The molecule has 1 unspecified atom stereocenters. The average molecular weight is 348 g/mol. The van der Waals surface area contributed by atoms with Gasteiger partial charge in [0.05, 0.1) is 32.6 Å². The summed E-state index contributed by atoms with van der Waals surface area (Å²) < 4.78 is 21.1. The first-order valence-electron chi connectivity index (χ1n) is 8.03. The number of rotatable bonds is 8. The molecule has 0 spiro atoms. The van der Waals surface area contributed by atoms with E-state index < -0.39 is 0 Å². The Morgan fingerprint density at radius 2 is 1.84 bits per heavy atom. The number of methoxy groups -OCH3 is 3. The first kappa shape index (κ1) is 18.8. The van der Waals surface area contributed by atoms with E-state index in [1.807, 2.05) is 6.92 Å². The van der Waals surface area contributed by atoms with E-state index in [2.05, 4.69) is 10.5 Å². The van der Waals surface area contributed by atoms with E-state index >= 15 is 0 Å². The fourth-order valence-corrected chi connectivity index (χ4v) is 2.49. The van der Waals surface area contributed by atoms with Crippen LogP contribution in [0.5, 0.6) is 11.5 Å². The van der Waals surface area contributed by atoms with Crippen LogP contribution >= 0.6 is 0 Å². The Hall–Kier alpha value is -2.54. The van der Waals surface area contributed by atoms with E-state index in [4.69, 9.17) is 18.7 Å². The Bertz CT molecular complexity index is 704. The molecule has 136 valence electrons. The standard InChI is InChI=1S/C18H24N2O5/c1-6-13(10-22-3)19-18(21)16-11(2)20-25-17(16)12-7-14(23-4)9-15(8-12)24-5/h7-9,13H,6,10H2,1-5H3,(H,19,21). The maximum absolute atomic E-state index is 12.7. The SMILES string of the molecule is CCC(COC)NC(=O)c1c(C)noc1-c1cc(OC)cc(OC)c1. The van der Waals surface area contributed by atoms with E-state index in [1.165, 1.54) is 0 Å². The van der Waals surface area contributed by atoms with Gasteiger partial charge in [-0.05, 0) is 25.5 Å². The van der Waals surface area contributed by atoms with Crippen molar-refractivity contribution in [2.45, 2.75) is 26.3 Å². The van der Waals surface area contributed by atoms with Gasteiger partial charge in [0.2, 0.25) is 0 Å². The van der Waals surface area contributed by atoms with Crippen molar-refractivity contribution in [2.24, 2.45) is 0 Å². The molecule has 1 aromatic heterocycles. The smallest absolute Gasteiger partial charge is 0.257 e. The van der Waals surface area contributed by atoms with Crippen molar-refractivity contribution in [3.8, 4) is 22.8 Å². The molecule has 0 saturated carbocycles. The zero-order valence-electron chi connectivity index (χ0n) is 15.2. The molecule has 1 N–H and O–H groups in total. The quantitative estimate of drug-likeness (QED) is 0.790. The number of hydrogen-bond acceptors (Lipinski definition) is 6. The highest BCUT2D eigenvalue weighted by molar-refractivity contribution is 6.00. The zero-order valence-corrected chi connectivity index (χ0v) is 15.2. The third-order valence-electron chi connectivity index (χ3n) is 3.90. The molecule has 1 heterocycles. The van der Waals surface area contributed by atoms with E-state index in [0.717, 1.165) is 6.42 Å². The lowest BCUT2D eigenvalue weighted by molar-refractivity contribution is 0.0894. The van der Waals surface area contributed by atoms with E-state index in [-0.39, 0.29) is 11.9 Å². The van der Waals surface area contributed by atoms with Crippen LogP contribution in [-0.4, -0.2) is 45.0 Å². The van der Waals surface area contributed by atoms with Gasteiger partial charge in [-0.3, -0.25) is 4.79 Å². The van der Waals surface area contributed by atoms with Crippen LogP contribution in [0.2, 0.25) is 0 Å². The number of ether oxygens (including phenoxy) is 3. The summed E-state index contributed by atoms with van der Waals surface area (Å²) in [6.45, 7) is 4.16. The summed E-state index contributed by atoms with van der Waals surface area (Å²) in [4.78, 5) is 12.7. The maximum Gasteiger partial charge on any atom is 0.257 e. The Labute approximate surface area is 147 Å². The van der Waals surface area contributed by atoms with Gasteiger partial charge in [-0.25, -0.2) is 0 Å². The zero-order chi connectivity index (χ0) is 18.4. The molecule has 2 aromatic rings. The summed E-state index contributed by atoms with van der Waals surface area (Å²) in [6.07, 6.45) is 0.756. The Balaban J connectivity index is 2.40. The van der Waals surface area contributed by atoms with Gasteiger partial charge in [0, 0.05) is 18.7 Å². The number of carbonyl (C=O) groups is 1. The van der Waals surface area contributed by atoms with Crippen molar-refractivity contribution in [1.29, 1.82) is 0 Å². The van der Waals surface area contributed by atoms with Crippen LogP contribution in [0.1, 0.15) is 29.4 Å². The average Bonchev–Trinajstić information content (AvgIpc) is 3.02. The number of aryl methyl sites for hydroxylation is 1. The number of aromatic nitrogens is 1. The molecular formula is C18H24N2O5. The summed E-state index contributed by atoms with van der Waals surface area (Å²) in [6, 6.07) is 5.20. The highest BCUT2D eigenvalue weighted by Gasteiger charge is 2.24. The summed E-state index contributed by atoms with van der Waals surface area (Å²) in [5.74, 6) is 1.32. The van der Waals surface area contributed by atoms with Crippen molar-refractivity contribution in [1.82, 2.24) is 10.5 Å². The Morgan fingerprint density at radius 1 is 1.20 bits per heavy atom. The monoisotopic (exact) mass is 348 g/mol. The topological polar surface area (TPSA) is 82.8 Å². The second kappa shape index (κ2) is 8.53. The third-order valence-corrected chi connectivity index (χ3v) is 3.90. The molecule has 0 aliphatic carbocycles. The predicted octanol–water partition coefficient (Wildman–Crippen LogP) is 2.82. The molecule has 25 heavy (non-hydrogen) atoms. The second-order valence-corrected chi connectivity index (χ2v) is 5.61. The number of nitrogens with one attached hydrogen (secondary N) is 1. The molecule has 7 nitrogen and oxygen atoms in total. The number of benzene rings is 1. The third kappa shape index (κ3) is 4.30. The first-order chi connectivity index (χ1) is 12.0. The van der Waals surface area contributed by atoms with Crippen LogP contribution in [0.4, 0.5) is 0 Å². The number of nitrogens with zero attached hydrogens (tertiary/aromatic N) is 1. The fraction of sp³-hybridized carbons (Fsp3) is 0.444. The van der Waals surface area contributed by atoms with Crippen molar-refractivity contribution in [3.63, 3.8) is 0 Å². The van der Waals surface area contributed by atoms with Gasteiger partial charge < -0.3 is 24.1 Å². The normalized spacial score (nSPS) is 11.9. The van der Waals surface area contributed by atoms with E-state index in [1.54, 1.807) is 46.5 Å². The number of carbonyl (C=O) groups excluding carboxylic acids is 1. The number of amides is 1. The molecule has 1 aromatic carbocycles.